The molecule has 4 heterocycles. The molecule has 8 amide bonds. The van der Waals surface area contributed by atoms with Gasteiger partial charge in [-0.2, -0.15) is 0 Å². The van der Waals surface area contributed by atoms with Crippen LogP contribution in [-0.4, -0.2) is 144 Å². The van der Waals surface area contributed by atoms with Crippen molar-refractivity contribution in [1.29, 1.82) is 0 Å². The van der Waals surface area contributed by atoms with E-state index in [2.05, 4.69) is 62.2 Å². The van der Waals surface area contributed by atoms with E-state index < -0.39 is 91.3 Å². The second-order valence-corrected chi connectivity index (χ2v) is 41.5. The zero-order valence-corrected chi connectivity index (χ0v) is 73.6. The lowest BCUT2D eigenvalue weighted by Crippen LogP contribution is -2.46. The summed E-state index contributed by atoms with van der Waals surface area (Å²) in [5.74, 6) is -4.10. The highest BCUT2D eigenvalue weighted by Crippen LogP contribution is 2.37. The predicted molar refractivity (Wildman–Crippen MR) is 466 cm³/mol. The number of ether oxygens (including phenoxy) is 6. The number of carbonyl (C=O) groups is 9. The first-order valence-electron chi connectivity index (χ1n) is 41.1. The Morgan fingerprint density at radius 2 is 0.610 bits per heavy atom. The average Bonchev–Trinajstić information content (AvgIpc) is 0.795. The van der Waals surface area contributed by atoms with Gasteiger partial charge in [0, 0.05) is 53.9 Å². The zero-order valence-electron chi connectivity index (χ0n) is 72.6. The Labute approximate surface area is 694 Å². The van der Waals surface area contributed by atoms with Crippen molar-refractivity contribution in [2.24, 2.45) is 47.3 Å². The predicted octanol–water partition coefficient (Wildman–Crippen LogP) is 16.7. The molecule has 4 aromatic carbocycles. The topological polar surface area (TPSA) is 357 Å². The summed E-state index contributed by atoms with van der Waals surface area (Å²) < 4.78 is 36.6. The van der Waals surface area contributed by atoms with Crippen molar-refractivity contribution >= 4 is 128 Å². The van der Waals surface area contributed by atoms with Crippen LogP contribution in [0.5, 0.6) is 23.0 Å². The molecule has 0 saturated heterocycles. The summed E-state index contributed by atoms with van der Waals surface area (Å²) in [7, 11) is -1.55. The van der Waals surface area contributed by atoms with E-state index in [-0.39, 0.29) is 179 Å². The van der Waals surface area contributed by atoms with Gasteiger partial charge in [0.2, 0.25) is 23.6 Å². The van der Waals surface area contributed by atoms with Crippen LogP contribution >= 0.6 is 0 Å². The Morgan fingerprint density at radius 3 is 0.856 bits per heavy atom. The summed E-state index contributed by atoms with van der Waals surface area (Å²) in [5, 5.41) is 25.4. The Bertz CT molecular complexity index is 4930. The second kappa shape index (κ2) is 41.4. The van der Waals surface area contributed by atoms with Crippen molar-refractivity contribution in [3.05, 3.63) is 120 Å². The van der Waals surface area contributed by atoms with Gasteiger partial charge in [-0.15, -0.1) is 0 Å². The van der Waals surface area contributed by atoms with Gasteiger partial charge in [0.15, 0.2) is 5.69 Å². The Kier molecular flexibility index (Phi) is 32.4. The van der Waals surface area contributed by atoms with Gasteiger partial charge in [-0.1, -0.05) is 155 Å². The van der Waals surface area contributed by atoms with Crippen LogP contribution in [0.4, 0.5) is 27.5 Å². The molecule has 636 valence electrons. The molecule has 118 heavy (non-hydrogen) atoms. The van der Waals surface area contributed by atoms with Crippen LogP contribution in [0.25, 0.3) is 43.6 Å². The summed E-state index contributed by atoms with van der Waals surface area (Å²) in [5.41, 5.74) is 0.472. The van der Waals surface area contributed by atoms with Gasteiger partial charge in [0.25, 0.3) is 17.7 Å². The van der Waals surface area contributed by atoms with Gasteiger partial charge in [0.05, 0.1) is 77.9 Å². The molecule has 0 aliphatic carbocycles. The van der Waals surface area contributed by atoms with Gasteiger partial charge >= 0.3 is 12.1 Å². The molecule has 0 spiro atoms. The van der Waals surface area contributed by atoms with E-state index in [1.807, 2.05) is 111 Å². The fourth-order valence-electron chi connectivity index (χ4n) is 12.6. The molecule has 0 unspecified atom stereocenters. The van der Waals surface area contributed by atoms with Crippen LogP contribution in [0.3, 0.4) is 0 Å². The molecule has 4 aromatic heterocycles. The minimum atomic E-state index is -1.55. The largest absolute Gasteiger partial charge is 0.493 e. The number of anilines is 4. The van der Waals surface area contributed by atoms with E-state index in [4.69, 9.17) is 48.4 Å². The van der Waals surface area contributed by atoms with E-state index in [0.29, 0.717) is 39.7 Å². The minimum Gasteiger partial charge on any atom is -0.493 e. The maximum atomic E-state index is 15.1. The smallest absolute Gasteiger partial charge is 0.408 e. The molecular weight excluding hydrogens is 1520 g/mol. The van der Waals surface area contributed by atoms with Crippen LogP contribution in [-0.2, 0) is 28.7 Å². The molecule has 4 atom stereocenters. The van der Waals surface area contributed by atoms with Crippen molar-refractivity contribution in [2.75, 3.05) is 54.3 Å². The van der Waals surface area contributed by atoms with E-state index in [1.165, 1.54) is 18.2 Å². The molecule has 0 aliphatic rings. The molecule has 0 radical (unpaired) electrons. The van der Waals surface area contributed by atoms with Gasteiger partial charge in [-0.25, -0.2) is 29.5 Å². The highest BCUT2D eigenvalue weighted by molar-refractivity contribution is 6.76. The first kappa shape index (κ1) is 92.5. The number of carbonyl (C=O) groups excluding carboxylic acids is 9. The Hall–Kier alpha value is -11.0. The average molecular weight is 1640 g/mol. The summed E-state index contributed by atoms with van der Waals surface area (Å²) in [6.45, 7) is 44.2. The number of rotatable bonds is 39. The number of esters is 1. The molecule has 8 aromatic rings. The summed E-state index contributed by atoms with van der Waals surface area (Å²) in [6.07, 6.45) is 0.00493. The molecular formula is C90H122N12O15Si. The van der Waals surface area contributed by atoms with Crippen molar-refractivity contribution in [3.8, 4) is 23.0 Å². The van der Waals surface area contributed by atoms with Crippen LogP contribution in [0.1, 0.15) is 199 Å². The van der Waals surface area contributed by atoms with Gasteiger partial charge in [0.1, 0.15) is 69.8 Å². The van der Waals surface area contributed by atoms with Crippen molar-refractivity contribution in [1.82, 2.24) is 41.2 Å². The number of nitrogens with one attached hydrogen (secondary N) is 8. The fraction of sp³-hybridized carbons (Fsp3) is 0.500. The molecule has 27 nitrogen and oxygen atoms in total. The molecule has 0 saturated carbocycles. The van der Waals surface area contributed by atoms with E-state index in [1.54, 1.807) is 99.6 Å². The number of hydrogen-bond donors (Lipinski definition) is 8. The van der Waals surface area contributed by atoms with Crippen molar-refractivity contribution in [2.45, 2.75) is 213 Å². The van der Waals surface area contributed by atoms with Gasteiger partial charge < -0.3 is 71.0 Å². The van der Waals surface area contributed by atoms with Gasteiger partial charge in [-0.3, -0.25) is 33.6 Å². The monoisotopic (exact) mass is 1640 g/mol. The molecule has 8 N–H and O–H groups in total. The molecule has 0 fully saturated rings. The second-order valence-electron chi connectivity index (χ2n) is 35.8. The summed E-state index contributed by atoms with van der Waals surface area (Å²) in [6, 6.07) is 22.7. The maximum absolute atomic E-state index is 15.1. The van der Waals surface area contributed by atoms with Crippen molar-refractivity contribution < 1.29 is 71.6 Å². The number of amides is 8. The molecule has 8 rings (SSSR count). The Balaban J connectivity index is 1.08. The van der Waals surface area contributed by atoms with Crippen LogP contribution < -0.4 is 61.5 Å². The number of alkyl carbamates (subject to hydrolysis) is 1. The summed E-state index contributed by atoms with van der Waals surface area (Å²) in [4.78, 5) is 150. The number of hydrogen-bond acceptors (Lipinski definition) is 19. The first-order chi connectivity index (χ1) is 55.5. The molecule has 0 bridgehead atoms. The number of nitrogens with zero attached hydrogens (tertiary/aromatic N) is 4. The van der Waals surface area contributed by atoms with E-state index in [9.17, 15) is 33.6 Å². The van der Waals surface area contributed by atoms with Crippen molar-refractivity contribution in [3.63, 3.8) is 0 Å². The lowest BCUT2D eigenvalue weighted by atomic mass is 10.0. The standard InChI is InChI=1S/C90H122N12O15Si/c1-49(2)37-65(81(103)95-62-32-24-28-58-74(114-46-54(11)12)42-70(92-78(58)62)86(108)101-67(39-51(5)6)83(105)97-64-34-26-30-60-76(116-48-56(15)16)44-72(94-80(60)64)88(110)112-35-36-118(20,21)22)99-85(107)69-41-73(113-45-53(9)10)57-27-23-31-61(77(57)91-69)96-82(104)66(38-50(3)4)100-87(109)71-43-75(115-47-55(13)14)59-29-25-33-63(79(59)93-71)98-84(106)68(40-52(7)8)102-89(111)117-90(17,18)19/h23-34,41-44,49-56,65-68H,35-40,45-48H2,1-22H3,(H,95,103)(H,96,104)(H,97,105)(H,98,106)(H,99,107)(H,100,109)(H,101,108)(H,102,111)/t65-,66-,67-,68-/m0/s1. The number of fused-ring (bicyclic) bond motifs is 4. The molecule has 28 heteroatoms. The third-order valence-electron chi connectivity index (χ3n) is 18.2. The highest BCUT2D eigenvalue weighted by atomic mass is 28.3. The number of aromatic nitrogens is 4. The van der Waals surface area contributed by atoms with E-state index in [0.717, 1.165) is 6.04 Å². The SMILES string of the molecule is CC(C)COc1cc(C(=O)N[C@@H](CC(C)C)C(=O)Nc2cccc3c(OCC(C)C)cc(C(=O)N[C@@H](CC(C)C)C(=O)Nc4cccc5c(OCC(C)C)cc(C(=O)N[C@@H](CC(C)C)C(=O)Nc6cccc7c(OCC(C)C)cc(C(=O)OCC[Si](C)(C)C)nc67)nc45)nc23)nc2c(NC(=O)[C@H](CC(C)C)NC(=O)OC(C)(C)C)cccc12. The highest BCUT2D eigenvalue weighted by Gasteiger charge is 2.33. The maximum Gasteiger partial charge on any atom is 0.408 e. The third kappa shape index (κ3) is 27.0. The van der Waals surface area contributed by atoms with Gasteiger partial charge in [-0.05, 0) is 148 Å². The number of pyridine rings is 4. The normalized spacial score (nSPS) is 12.9. The number of para-hydroxylation sites is 4. The first-order valence-corrected chi connectivity index (χ1v) is 44.8. The quantitative estimate of drug-likeness (QED) is 0.0131. The fourth-order valence-corrected chi connectivity index (χ4v) is 13.3. The van der Waals surface area contributed by atoms with Crippen LogP contribution in [0.2, 0.25) is 25.7 Å². The number of benzene rings is 4. The van der Waals surface area contributed by atoms with Crippen LogP contribution in [0, 0.1) is 47.3 Å². The zero-order chi connectivity index (χ0) is 86.8. The van der Waals surface area contributed by atoms with E-state index >= 15 is 9.59 Å². The minimum absolute atomic E-state index is 0.00635. The Morgan fingerprint density at radius 1 is 0.356 bits per heavy atom. The lowest BCUT2D eigenvalue weighted by Gasteiger charge is -2.24. The third-order valence-corrected chi connectivity index (χ3v) is 19.9. The summed E-state index contributed by atoms with van der Waals surface area (Å²) >= 11 is 0. The van der Waals surface area contributed by atoms with Crippen LogP contribution in [0.15, 0.2) is 97.1 Å². The molecule has 0 aliphatic heterocycles. The lowest BCUT2D eigenvalue weighted by molar-refractivity contribution is -0.119.